The molecule has 0 aromatic heterocycles. The van der Waals surface area contributed by atoms with Crippen LogP contribution in [0.25, 0.3) is 11.3 Å². The summed E-state index contributed by atoms with van der Waals surface area (Å²) in [5.74, 6) is 1.27. The molecule has 1 aliphatic rings. The Bertz CT molecular complexity index is 971. The van der Waals surface area contributed by atoms with Gasteiger partial charge in [-0.2, -0.15) is 0 Å². The van der Waals surface area contributed by atoms with Crippen LogP contribution in [0, 0.1) is 5.92 Å². The Kier molecular flexibility index (Phi) is 6.33. The second kappa shape index (κ2) is 9.09. The van der Waals surface area contributed by atoms with Gasteiger partial charge in [0.15, 0.2) is 0 Å². The second-order valence-electron chi connectivity index (χ2n) is 6.98. The highest BCUT2D eigenvalue weighted by atomic mass is 14.9. The molecule has 0 radical (unpaired) electrons. The van der Waals surface area contributed by atoms with Crippen LogP contribution in [0.4, 0.5) is 0 Å². The van der Waals surface area contributed by atoms with Gasteiger partial charge in [0.25, 0.3) is 0 Å². The van der Waals surface area contributed by atoms with Crippen molar-refractivity contribution in [2.45, 2.75) is 20.3 Å². The SMILES string of the molecule is C=CC(=NC(C)=NC(=C)c1ccccc1)c1ccc(C2=CCC(C)C=C2)cc1. The topological polar surface area (TPSA) is 24.7 Å². The van der Waals surface area contributed by atoms with Gasteiger partial charge in [0, 0.05) is 5.56 Å². The molecule has 0 N–H and O–H groups in total. The number of aliphatic imine (C=N–C) groups is 2. The summed E-state index contributed by atoms with van der Waals surface area (Å²) in [7, 11) is 0. The lowest BCUT2D eigenvalue weighted by Crippen LogP contribution is -2.01. The molecule has 1 aliphatic carbocycles. The molecule has 2 heteroatoms. The average molecular weight is 367 g/mol. The molecule has 2 aromatic carbocycles. The van der Waals surface area contributed by atoms with Gasteiger partial charge >= 0.3 is 0 Å². The maximum atomic E-state index is 4.64. The molecule has 0 spiro atoms. The van der Waals surface area contributed by atoms with Crippen LogP contribution in [0.2, 0.25) is 0 Å². The highest BCUT2D eigenvalue weighted by molar-refractivity contribution is 6.13. The van der Waals surface area contributed by atoms with Crippen LogP contribution >= 0.6 is 0 Å². The van der Waals surface area contributed by atoms with Gasteiger partial charge in [-0.15, -0.1) is 0 Å². The van der Waals surface area contributed by atoms with E-state index in [0.717, 1.165) is 23.3 Å². The Hall–Kier alpha value is -3.26. The van der Waals surface area contributed by atoms with E-state index in [1.807, 2.05) is 37.3 Å². The van der Waals surface area contributed by atoms with Gasteiger partial charge in [0.1, 0.15) is 5.84 Å². The Balaban J connectivity index is 1.79. The molecule has 1 unspecified atom stereocenters. The summed E-state index contributed by atoms with van der Waals surface area (Å²) >= 11 is 0. The minimum atomic E-state index is 0.621. The zero-order valence-electron chi connectivity index (χ0n) is 16.6. The highest BCUT2D eigenvalue weighted by Gasteiger charge is 2.07. The third-order valence-corrected chi connectivity index (χ3v) is 4.71. The Morgan fingerprint density at radius 1 is 1.00 bits per heavy atom. The minimum Gasteiger partial charge on any atom is -0.234 e. The standard InChI is InChI=1S/C26H26N2/c1-5-26(28-21(4)27-20(3)22-9-7-6-8-10-22)25-17-15-24(16-18-25)23-13-11-19(2)12-14-23/h5-11,13-19H,1,3,12H2,2,4H3. The first-order chi connectivity index (χ1) is 13.6. The van der Waals surface area contributed by atoms with Gasteiger partial charge in [-0.25, -0.2) is 9.98 Å². The number of allylic oxidation sites excluding steroid dienone is 5. The van der Waals surface area contributed by atoms with Gasteiger partial charge in [-0.1, -0.05) is 92.9 Å². The first-order valence-corrected chi connectivity index (χ1v) is 9.56. The van der Waals surface area contributed by atoms with E-state index in [4.69, 9.17) is 0 Å². The third kappa shape index (κ3) is 4.92. The fraction of sp³-hybridized carbons (Fsp3) is 0.154. The Labute approximate surface area is 168 Å². The van der Waals surface area contributed by atoms with Crippen molar-refractivity contribution < 1.29 is 0 Å². The number of nitrogens with zero attached hydrogens (tertiary/aromatic N) is 2. The normalized spacial score (nSPS) is 17.2. The summed E-state index contributed by atoms with van der Waals surface area (Å²) in [6, 6.07) is 18.3. The van der Waals surface area contributed by atoms with Gasteiger partial charge < -0.3 is 0 Å². The second-order valence-corrected chi connectivity index (χ2v) is 6.98. The summed E-state index contributed by atoms with van der Waals surface area (Å²) in [5, 5.41) is 0. The van der Waals surface area contributed by atoms with Gasteiger partial charge in [0.2, 0.25) is 0 Å². The van der Waals surface area contributed by atoms with Gasteiger partial charge in [0.05, 0.1) is 11.4 Å². The van der Waals surface area contributed by atoms with Crippen LogP contribution < -0.4 is 0 Å². The molecule has 0 heterocycles. The minimum absolute atomic E-state index is 0.621. The molecule has 0 saturated carbocycles. The first kappa shape index (κ1) is 19.5. The first-order valence-electron chi connectivity index (χ1n) is 9.56. The van der Waals surface area contributed by atoms with E-state index in [0.29, 0.717) is 17.5 Å². The van der Waals surface area contributed by atoms with Crippen LogP contribution in [0.1, 0.15) is 37.0 Å². The molecule has 0 bridgehead atoms. The molecule has 0 fully saturated rings. The number of hydrogen-bond donors (Lipinski definition) is 0. The predicted octanol–water partition coefficient (Wildman–Crippen LogP) is 6.73. The molecule has 0 aliphatic heterocycles. The van der Waals surface area contributed by atoms with E-state index in [1.165, 1.54) is 11.1 Å². The molecule has 0 saturated heterocycles. The van der Waals surface area contributed by atoms with Crippen molar-refractivity contribution in [3.63, 3.8) is 0 Å². The number of rotatable bonds is 5. The van der Waals surface area contributed by atoms with Crippen molar-refractivity contribution in [1.82, 2.24) is 0 Å². The van der Waals surface area contributed by atoms with E-state index < -0.39 is 0 Å². The maximum Gasteiger partial charge on any atom is 0.126 e. The average Bonchev–Trinajstić information content (AvgIpc) is 2.73. The molecule has 28 heavy (non-hydrogen) atoms. The lowest BCUT2D eigenvalue weighted by atomic mass is 9.93. The smallest absolute Gasteiger partial charge is 0.126 e. The van der Waals surface area contributed by atoms with E-state index in [1.54, 1.807) is 6.08 Å². The molecule has 0 amide bonds. The van der Waals surface area contributed by atoms with Crippen molar-refractivity contribution in [2.24, 2.45) is 15.9 Å². The number of benzene rings is 2. The highest BCUT2D eigenvalue weighted by Crippen LogP contribution is 2.24. The molecule has 2 aromatic rings. The van der Waals surface area contributed by atoms with Crippen LogP contribution in [-0.2, 0) is 0 Å². The third-order valence-electron chi connectivity index (χ3n) is 4.71. The number of amidine groups is 1. The largest absolute Gasteiger partial charge is 0.234 e. The fourth-order valence-electron chi connectivity index (χ4n) is 3.09. The zero-order chi connectivity index (χ0) is 19.9. The van der Waals surface area contributed by atoms with Crippen molar-refractivity contribution >= 4 is 22.8 Å². The molecular weight excluding hydrogens is 340 g/mol. The van der Waals surface area contributed by atoms with Crippen molar-refractivity contribution in [3.05, 3.63) is 109 Å². The fourth-order valence-corrected chi connectivity index (χ4v) is 3.09. The summed E-state index contributed by atoms with van der Waals surface area (Å²) < 4.78 is 0. The number of hydrogen-bond acceptors (Lipinski definition) is 1. The van der Waals surface area contributed by atoms with E-state index in [-0.39, 0.29) is 0 Å². The van der Waals surface area contributed by atoms with E-state index >= 15 is 0 Å². The van der Waals surface area contributed by atoms with E-state index in [9.17, 15) is 0 Å². The summed E-state index contributed by atoms with van der Waals surface area (Å²) in [4.78, 5) is 9.17. The Morgan fingerprint density at radius 2 is 1.71 bits per heavy atom. The van der Waals surface area contributed by atoms with Crippen LogP contribution in [-0.4, -0.2) is 11.5 Å². The molecule has 140 valence electrons. The predicted molar refractivity (Wildman–Crippen MR) is 123 cm³/mol. The Morgan fingerprint density at radius 3 is 2.32 bits per heavy atom. The van der Waals surface area contributed by atoms with Crippen LogP contribution in [0.3, 0.4) is 0 Å². The lowest BCUT2D eigenvalue weighted by molar-refractivity contribution is 0.739. The monoisotopic (exact) mass is 366 g/mol. The summed E-state index contributed by atoms with van der Waals surface area (Å²) in [6.45, 7) is 12.1. The van der Waals surface area contributed by atoms with Crippen LogP contribution in [0.5, 0.6) is 0 Å². The van der Waals surface area contributed by atoms with Crippen molar-refractivity contribution in [1.29, 1.82) is 0 Å². The van der Waals surface area contributed by atoms with E-state index in [2.05, 4.69) is 72.6 Å². The summed E-state index contributed by atoms with van der Waals surface area (Å²) in [5.41, 5.74) is 6.01. The summed E-state index contributed by atoms with van der Waals surface area (Å²) in [6.07, 6.45) is 9.62. The molecule has 2 nitrogen and oxygen atoms in total. The van der Waals surface area contributed by atoms with Crippen molar-refractivity contribution in [2.75, 3.05) is 0 Å². The maximum absolute atomic E-state index is 4.64. The molecule has 1 atom stereocenters. The lowest BCUT2D eigenvalue weighted by Gasteiger charge is -2.12. The van der Waals surface area contributed by atoms with Crippen LogP contribution in [0.15, 0.2) is 102 Å². The van der Waals surface area contributed by atoms with Crippen molar-refractivity contribution in [3.8, 4) is 0 Å². The quantitative estimate of drug-likeness (QED) is 0.414. The molecular formula is C26H26N2. The zero-order valence-corrected chi connectivity index (χ0v) is 16.6. The molecule has 3 rings (SSSR count). The van der Waals surface area contributed by atoms with Gasteiger partial charge in [-0.05, 0) is 42.0 Å². The van der Waals surface area contributed by atoms with Gasteiger partial charge in [-0.3, -0.25) is 0 Å².